The normalized spacial score (nSPS) is 19.8. The number of carbonyl (C=O) groups is 1. The first kappa shape index (κ1) is 16.7. The molecule has 4 heterocycles. The number of nitrogens with zero attached hydrogens (tertiary/aromatic N) is 2. The van der Waals surface area contributed by atoms with Crippen LogP contribution in [0.4, 0.5) is 5.82 Å². The Bertz CT molecular complexity index is 960. The van der Waals surface area contributed by atoms with Crippen LogP contribution in [0.25, 0.3) is 22.2 Å². The fourth-order valence-corrected chi connectivity index (χ4v) is 3.33. The van der Waals surface area contributed by atoms with Crippen molar-refractivity contribution < 1.29 is 14.3 Å². The standard InChI is InChI=1S/C19H20N4O3/c1-12(24)22-18-8-13-14(9-20-16(13)10-21-18)15-4-3-5-17(23-15)19(25-2)6-7-26-11-19/h3-5,8-10,20H,6-7,11H2,1-2H3,(H,21,22,24)/t19-/m0/s1. The molecule has 1 aliphatic rings. The Kier molecular flexibility index (Phi) is 4.18. The lowest BCUT2D eigenvalue weighted by atomic mass is 9.97. The molecule has 3 aromatic rings. The minimum absolute atomic E-state index is 0.155. The van der Waals surface area contributed by atoms with Crippen LogP contribution >= 0.6 is 0 Å². The van der Waals surface area contributed by atoms with Crippen molar-refractivity contribution in [3.05, 3.63) is 42.4 Å². The second-order valence-corrected chi connectivity index (χ2v) is 6.41. The molecule has 134 valence electrons. The minimum Gasteiger partial charge on any atom is -0.378 e. The molecule has 0 saturated carbocycles. The van der Waals surface area contributed by atoms with Gasteiger partial charge in [-0.25, -0.2) is 9.97 Å². The van der Waals surface area contributed by atoms with Crippen LogP contribution in [0.1, 0.15) is 19.0 Å². The summed E-state index contributed by atoms with van der Waals surface area (Å²) in [6, 6.07) is 7.76. The van der Waals surface area contributed by atoms with Crippen LogP contribution in [0.5, 0.6) is 0 Å². The molecule has 1 amide bonds. The fourth-order valence-electron chi connectivity index (χ4n) is 3.33. The van der Waals surface area contributed by atoms with Crippen LogP contribution in [0.15, 0.2) is 36.7 Å². The van der Waals surface area contributed by atoms with Crippen molar-refractivity contribution in [3.63, 3.8) is 0 Å². The maximum atomic E-state index is 11.3. The van der Waals surface area contributed by atoms with Crippen molar-refractivity contribution in [3.8, 4) is 11.3 Å². The van der Waals surface area contributed by atoms with Crippen molar-refractivity contribution in [2.45, 2.75) is 18.9 Å². The van der Waals surface area contributed by atoms with Gasteiger partial charge in [-0.05, 0) is 18.2 Å². The van der Waals surface area contributed by atoms with Gasteiger partial charge in [0.2, 0.25) is 5.91 Å². The highest BCUT2D eigenvalue weighted by Gasteiger charge is 2.38. The molecule has 26 heavy (non-hydrogen) atoms. The van der Waals surface area contributed by atoms with E-state index >= 15 is 0 Å². The number of H-pyrrole nitrogens is 1. The van der Waals surface area contributed by atoms with Crippen LogP contribution in [-0.2, 0) is 19.9 Å². The molecular formula is C19H20N4O3. The average Bonchev–Trinajstić information content (AvgIpc) is 3.29. The van der Waals surface area contributed by atoms with Crippen molar-refractivity contribution in [2.75, 3.05) is 25.6 Å². The van der Waals surface area contributed by atoms with E-state index in [9.17, 15) is 4.79 Å². The van der Waals surface area contributed by atoms with Crippen molar-refractivity contribution in [2.24, 2.45) is 0 Å². The molecule has 1 atom stereocenters. The van der Waals surface area contributed by atoms with Gasteiger partial charge in [0, 0.05) is 44.2 Å². The Balaban J connectivity index is 1.78. The van der Waals surface area contributed by atoms with Gasteiger partial charge < -0.3 is 19.8 Å². The summed E-state index contributed by atoms with van der Waals surface area (Å²) in [7, 11) is 1.69. The van der Waals surface area contributed by atoms with E-state index in [4.69, 9.17) is 14.5 Å². The molecule has 0 spiro atoms. The van der Waals surface area contributed by atoms with Crippen LogP contribution in [0, 0.1) is 0 Å². The number of anilines is 1. The van der Waals surface area contributed by atoms with Gasteiger partial charge in [0.1, 0.15) is 11.4 Å². The number of aromatic nitrogens is 3. The van der Waals surface area contributed by atoms with Gasteiger partial charge in [-0.2, -0.15) is 0 Å². The number of rotatable bonds is 4. The smallest absolute Gasteiger partial charge is 0.222 e. The zero-order valence-electron chi connectivity index (χ0n) is 14.7. The van der Waals surface area contributed by atoms with E-state index in [-0.39, 0.29) is 5.91 Å². The molecule has 1 saturated heterocycles. The first-order chi connectivity index (χ1) is 12.6. The number of ether oxygens (including phenoxy) is 2. The zero-order valence-corrected chi connectivity index (χ0v) is 14.7. The van der Waals surface area contributed by atoms with E-state index in [2.05, 4.69) is 15.3 Å². The maximum Gasteiger partial charge on any atom is 0.222 e. The predicted octanol–water partition coefficient (Wildman–Crippen LogP) is 2.85. The highest BCUT2D eigenvalue weighted by atomic mass is 16.5. The van der Waals surface area contributed by atoms with Gasteiger partial charge in [0.25, 0.3) is 0 Å². The van der Waals surface area contributed by atoms with Crippen LogP contribution in [0.2, 0.25) is 0 Å². The molecule has 0 radical (unpaired) electrons. The third-order valence-electron chi connectivity index (χ3n) is 4.74. The highest BCUT2D eigenvalue weighted by Crippen LogP contribution is 2.35. The van der Waals surface area contributed by atoms with Crippen LogP contribution in [0.3, 0.4) is 0 Å². The number of hydrogen-bond donors (Lipinski definition) is 2. The summed E-state index contributed by atoms with van der Waals surface area (Å²) >= 11 is 0. The van der Waals surface area contributed by atoms with E-state index in [0.717, 1.165) is 34.3 Å². The molecule has 7 nitrogen and oxygen atoms in total. The van der Waals surface area contributed by atoms with Crippen LogP contribution in [-0.4, -0.2) is 41.2 Å². The largest absolute Gasteiger partial charge is 0.378 e. The summed E-state index contributed by atoms with van der Waals surface area (Å²) in [5, 5.41) is 3.66. The van der Waals surface area contributed by atoms with Gasteiger partial charge in [-0.15, -0.1) is 0 Å². The lowest BCUT2D eigenvalue weighted by Crippen LogP contribution is -2.30. The summed E-state index contributed by atoms with van der Waals surface area (Å²) in [6.45, 7) is 2.63. The fraction of sp³-hybridized carbons (Fsp3) is 0.316. The molecule has 3 aromatic heterocycles. The molecular weight excluding hydrogens is 332 g/mol. The lowest BCUT2D eigenvalue weighted by Gasteiger charge is -2.25. The number of methoxy groups -OCH3 is 1. The molecule has 2 N–H and O–H groups in total. The number of amides is 1. The number of fused-ring (bicyclic) bond motifs is 1. The van der Waals surface area contributed by atoms with Crippen LogP contribution < -0.4 is 5.32 Å². The molecule has 1 aliphatic heterocycles. The number of carbonyl (C=O) groups excluding carboxylic acids is 1. The van der Waals surface area contributed by atoms with Crippen molar-refractivity contribution in [1.29, 1.82) is 0 Å². The van der Waals surface area contributed by atoms with Gasteiger partial charge in [0.15, 0.2) is 0 Å². The van der Waals surface area contributed by atoms with Crippen molar-refractivity contribution in [1.82, 2.24) is 15.0 Å². The summed E-state index contributed by atoms with van der Waals surface area (Å²) < 4.78 is 11.3. The Morgan fingerprint density at radius 1 is 1.42 bits per heavy atom. The van der Waals surface area contributed by atoms with E-state index < -0.39 is 5.60 Å². The van der Waals surface area contributed by atoms with Gasteiger partial charge in [-0.3, -0.25) is 4.79 Å². The van der Waals surface area contributed by atoms with E-state index in [1.165, 1.54) is 6.92 Å². The topological polar surface area (TPSA) is 89.1 Å². The van der Waals surface area contributed by atoms with E-state index in [0.29, 0.717) is 19.0 Å². The summed E-state index contributed by atoms with van der Waals surface area (Å²) in [6.07, 6.45) is 4.39. The third kappa shape index (κ3) is 2.85. The SMILES string of the molecule is CO[C@@]1(c2cccc(-c3c[nH]c4cnc(NC(C)=O)cc34)n2)CCOC1. The number of aromatic amines is 1. The molecule has 0 aromatic carbocycles. The summed E-state index contributed by atoms with van der Waals surface area (Å²) in [5.74, 6) is 0.358. The highest BCUT2D eigenvalue weighted by molar-refractivity contribution is 5.97. The monoisotopic (exact) mass is 352 g/mol. The van der Waals surface area contributed by atoms with Gasteiger partial charge >= 0.3 is 0 Å². The lowest BCUT2D eigenvalue weighted by molar-refractivity contribution is -0.114. The van der Waals surface area contributed by atoms with E-state index in [1.54, 1.807) is 13.3 Å². The predicted molar refractivity (Wildman–Crippen MR) is 97.8 cm³/mol. The number of nitrogens with one attached hydrogen (secondary N) is 2. The molecule has 0 aliphatic carbocycles. The maximum absolute atomic E-state index is 11.3. The van der Waals surface area contributed by atoms with Gasteiger partial charge in [0.05, 0.1) is 29.7 Å². The molecule has 1 fully saturated rings. The zero-order chi connectivity index (χ0) is 18.1. The first-order valence-corrected chi connectivity index (χ1v) is 8.47. The van der Waals surface area contributed by atoms with Crippen molar-refractivity contribution >= 4 is 22.6 Å². The Morgan fingerprint density at radius 2 is 2.31 bits per heavy atom. The molecule has 4 rings (SSSR count). The second kappa shape index (κ2) is 6.51. The third-order valence-corrected chi connectivity index (χ3v) is 4.74. The second-order valence-electron chi connectivity index (χ2n) is 6.41. The number of pyridine rings is 2. The summed E-state index contributed by atoms with van der Waals surface area (Å²) in [5.41, 5.74) is 3.02. The minimum atomic E-state index is -0.495. The van der Waals surface area contributed by atoms with E-state index in [1.807, 2.05) is 30.5 Å². The molecule has 7 heteroatoms. The molecule has 0 bridgehead atoms. The Labute approximate surface area is 150 Å². The number of hydrogen-bond acceptors (Lipinski definition) is 5. The quantitative estimate of drug-likeness (QED) is 0.754. The average molecular weight is 352 g/mol. The summed E-state index contributed by atoms with van der Waals surface area (Å²) in [4.78, 5) is 23.6. The van der Waals surface area contributed by atoms with Gasteiger partial charge in [-0.1, -0.05) is 6.07 Å². The Morgan fingerprint density at radius 3 is 3.04 bits per heavy atom. The molecule has 0 unspecified atom stereocenters. The Hall–Kier alpha value is -2.77. The first-order valence-electron chi connectivity index (χ1n) is 8.47.